The van der Waals surface area contributed by atoms with Crippen molar-refractivity contribution in [3.8, 4) is 40.0 Å². The molecule has 2 aromatic carbocycles. The average Bonchev–Trinajstić information content (AvgIpc) is 4.12. The first-order valence-corrected chi connectivity index (χ1v) is 22.3. The van der Waals surface area contributed by atoms with Crippen molar-refractivity contribution in [2.45, 2.75) is 38.9 Å². The van der Waals surface area contributed by atoms with Gasteiger partial charge in [-0.25, -0.2) is 14.3 Å². The number of carbonyl (C=O) groups is 5. The number of imide groups is 1. The summed E-state index contributed by atoms with van der Waals surface area (Å²) in [7, 11) is 4.55. The Bertz CT molecular complexity index is 2990. The van der Waals surface area contributed by atoms with Gasteiger partial charge in [-0.05, 0) is 60.9 Å². The molecule has 0 radical (unpaired) electrons. The molecule has 4 aromatic heterocycles. The highest BCUT2D eigenvalue weighted by Gasteiger charge is 2.39. The molecule has 2 saturated heterocycles. The Balaban J connectivity index is 0.712. The molecule has 70 heavy (non-hydrogen) atoms. The van der Waals surface area contributed by atoms with Crippen molar-refractivity contribution in [1.82, 2.24) is 50.2 Å². The number of anilines is 3. The number of carbonyl (C=O) groups excluding carboxylic acids is 5. The van der Waals surface area contributed by atoms with Gasteiger partial charge in [0.15, 0.2) is 17.1 Å². The molecule has 23 nitrogen and oxygen atoms in total. The Labute approximate surface area is 400 Å². The van der Waals surface area contributed by atoms with E-state index in [1.807, 2.05) is 18.2 Å². The maximum Gasteiger partial charge on any atom is 0.323 e. The van der Waals surface area contributed by atoms with Crippen LogP contribution in [0.2, 0.25) is 0 Å². The number of hydrogen-bond acceptors (Lipinski definition) is 17. The lowest BCUT2D eigenvalue weighted by Gasteiger charge is -2.36. The summed E-state index contributed by atoms with van der Waals surface area (Å²) in [5.74, 6) is 0.272. The molecule has 9 rings (SSSR count). The quantitative estimate of drug-likeness (QED) is 0.0468. The Morgan fingerprint density at radius 3 is 2.49 bits per heavy atom. The van der Waals surface area contributed by atoms with E-state index in [1.165, 1.54) is 46.1 Å². The molecule has 1 unspecified atom stereocenters. The number of aromatic nitrogens is 6. The number of urea groups is 1. The highest BCUT2D eigenvalue weighted by molar-refractivity contribution is 6.06. The highest BCUT2D eigenvalue weighted by Crippen LogP contribution is 2.43. The summed E-state index contributed by atoms with van der Waals surface area (Å²) in [6.07, 6.45) is 7.76. The van der Waals surface area contributed by atoms with Crippen LogP contribution in [0.1, 0.15) is 40.2 Å². The average molecular weight is 956 g/mol. The predicted molar refractivity (Wildman–Crippen MR) is 251 cm³/mol. The van der Waals surface area contributed by atoms with Crippen LogP contribution >= 0.6 is 0 Å². The standard InChI is InChI=1S/C47H49N13O10/c1-27-19-30(52-47(65)53-33-24-48-37-9-11-51-60(37)42(33)28-21-35(66-2)43(68-4)36(22-28)67-3)23-50-41(27)44-55-40(70-56-44)25-49-38(61)10-17-69-18-16-57-12-14-58(15-13-57)31-5-6-32-29(20-31)26-59(46(32)64)34-7-8-39(62)54-45(34)63/h5-6,9-11,17,19-24,34H,7-8,12-16,18,25-26H2,1-4H3,(H,49,61)(H2,52,53,65)(H,54,62,63). The van der Waals surface area contributed by atoms with Crippen LogP contribution in [0.5, 0.6) is 17.2 Å². The molecule has 0 saturated carbocycles. The van der Waals surface area contributed by atoms with Crippen molar-refractivity contribution < 1.29 is 47.4 Å². The van der Waals surface area contributed by atoms with Crippen LogP contribution in [-0.2, 0) is 32.2 Å². The van der Waals surface area contributed by atoms with Crippen molar-refractivity contribution in [1.29, 1.82) is 0 Å². The molecule has 6 amide bonds. The van der Waals surface area contributed by atoms with Crippen molar-refractivity contribution in [3.63, 3.8) is 0 Å². The third kappa shape index (κ3) is 9.85. The van der Waals surface area contributed by atoms with Gasteiger partial charge in [0.2, 0.25) is 35.2 Å². The lowest BCUT2D eigenvalue weighted by atomic mass is 10.0. The van der Waals surface area contributed by atoms with Crippen LogP contribution in [0.25, 0.3) is 28.4 Å². The number of nitrogens with zero attached hydrogens (tertiary/aromatic N) is 9. The van der Waals surface area contributed by atoms with Crippen LogP contribution in [0, 0.1) is 6.92 Å². The molecule has 6 aromatic rings. The molecule has 3 aliphatic heterocycles. The number of piperazine rings is 1. The van der Waals surface area contributed by atoms with Crippen molar-refractivity contribution >= 4 is 52.4 Å². The van der Waals surface area contributed by atoms with E-state index in [0.717, 1.165) is 37.4 Å². The van der Waals surface area contributed by atoms with Crippen molar-refractivity contribution in [2.75, 3.05) is 76.2 Å². The molecular weight excluding hydrogens is 907 g/mol. The van der Waals surface area contributed by atoms with Crippen LogP contribution in [0.4, 0.5) is 21.9 Å². The summed E-state index contributed by atoms with van der Waals surface area (Å²) in [5, 5.41) is 19.2. The summed E-state index contributed by atoms with van der Waals surface area (Å²) in [6, 6.07) is 11.5. The number of aryl methyl sites for hydroxylation is 1. The number of piperidine rings is 1. The molecule has 362 valence electrons. The maximum absolute atomic E-state index is 13.4. The van der Waals surface area contributed by atoms with Crippen LogP contribution < -0.4 is 40.4 Å². The number of methoxy groups -OCH3 is 3. The summed E-state index contributed by atoms with van der Waals surface area (Å²) in [6.45, 7) is 6.31. The van der Waals surface area contributed by atoms with Crippen molar-refractivity contribution in [2.24, 2.45) is 0 Å². The van der Waals surface area contributed by atoms with Crippen molar-refractivity contribution in [3.05, 3.63) is 96.0 Å². The van der Waals surface area contributed by atoms with E-state index in [2.05, 4.69) is 56.3 Å². The zero-order valence-electron chi connectivity index (χ0n) is 38.7. The number of fused-ring (bicyclic) bond motifs is 2. The second kappa shape index (κ2) is 20.3. The minimum absolute atomic E-state index is 0.0326. The molecule has 0 bridgehead atoms. The number of ether oxygens (including phenoxy) is 4. The number of hydrogen-bond donors (Lipinski definition) is 4. The van der Waals surface area contributed by atoms with E-state index >= 15 is 0 Å². The first-order chi connectivity index (χ1) is 34.0. The first-order valence-electron chi connectivity index (χ1n) is 22.3. The topological polar surface area (TPSA) is 262 Å². The first kappa shape index (κ1) is 46.5. The van der Waals surface area contributed by atoms with E-state index in [4.69, 9.17) is 23.5 Å². The van der Waals surface area contributed by atoms with Crippen LogP contribution in [0.15, 0.2) is 77.9 Å². The summed E-state index contributed by atoms with van der Waals surface area (Å²) in [5.41, 5.74) is 5.96. The summed E-state index contributed by atoms with van der Waals surface area (Å²) in [4.78, 5) is 82.4. The van der Waals surface area contributed by atoms with Crippen LogP contribution in [-0.4, -0.2) is 136 Å². The molecule has 0 spiro atoms. The molecular formula is C47H49N13O10. The molecule has 2 fully saturated rings. The molecule has 0 aliphatic carbocycles. The maximum atomic E-state index is 13.4. The predicted octanol–water partition coefficient (Wildman–Crippen LogP) is 3.55. The van der Waals surface area contributed by atoms with E-state index in [9.17, 15) is 24.0 Å². The number of pyridine rings is 1. The number of rotatable bonds is 16. The fourth-order valence-electron chi connectivity index (χ4n) is 8.61. The smallest absolute Gasteiger partial charge is 0.323 e. The zero-order chi connectivity index (χ0) is 48.9. The Kier molecular flexibility index (Phi) is 13.5. The van der Waals surface area contributed by atoms with E-state index in [-0.39, 0.29) is 36.5 Å². The molecule has 3 aliphatic rings. The molecule has 4 N–H and O–H groups in total. The monoisotopic (exact) mass is 955 g/mol. The van der Waals surface area contributed by atoms with Gasteiger partial charge in [0.05, 0.1) is 76.4 Å². The minimum atomic E-state index is -0.644. The Hall–Kier alpha value is -8.60. The summed E-state index contributed by atoms with van der Waals surface area (Å²) >= 11 is 0. The third-order valence-corrected chi connectivity index (χ3v) is 12.1. The van der Waals surface area contributed by atoms with E-state index in [1.54, 1.807) is 46.8 Å². The summed E-state index contributed by atoms with van der Waals surface area (Å²) < 4.78 is 29.2. The minimum Gasteiger partial charge on any atom is -0.500 e. The SMILES string of the molecule is COc1cc(-c2c(NC(=O)Nc3cnc(-c4noc(CNC(=O)C=COCCN5CCN(c6ccc7c(c6)CN(C6CCC(=O)NC6=O)C7=O)CC5)n4)c(C)c3)cnc3ccnn23)cc(OC)c1OC. The van der Waals surface area contributed by atoms with Gasteiger partial charge in [0, 0.05) is 74.6 Å². The Morgan fingerprint density at radius 2 is 1.74 bits per heavy atom. The molecule has 7 heterocycles. The van der Waals surface area contributed by atoms with Gasteiger partial charge in [-0.3, -0.25) is 34.4 Å². The van der Waals surface area contributed by atoms with Crippen LogP contribution in [0.3, 0.4) is 0 Å². The lowest BCUT2D eigenvalue weighted by Crippen LogP contribution is -2.52. The molecule has 1 atom stereocenters. The fourth-order valence-corrected chi connectivity index (χ4v) is 8.61. The number of amides is 6. The van der Waals surface area contributed by atoms with Gasteiger partial charge in [0.1, 0.15) is 11.7 Å². The van der Waals surface area contributed by atoms with Gasteiger partial charge in [-0.1, -0.05) is 5.16 Å². The highest BCUT2D eigenvalue weighted by atomic mass is 16.5. The molecule has 23 heteroatoms. The fraction of sp³-hybridized carbons (Fsp3) is 0.319. The number of nitrogens with one attached hydrogen (secondary N) is 4. The largest absolute Gasteiger partial charge is 0.500 e. The normalized spacial score (nSPS) is 16.1. The Morgan fingerprint density at radius 1 is 0.943 bits per heavy atom. The van der Waals surface area contributed by atoms with Gasteiger partial charge < -0.3 is 49.2 Å². The van der Waals surface area contributed by atoms with Gasteiger partial charge in [-0.2, -0.15) is 10.1 Å². The second-order valence-corrected chi connectivity index (χ2v) is 16.5. The zero-order valence-corrected chi connectivity index (χ0v) is 38.7. The number of benzene rings is 2. The second-order valence-electron chi connectivity index (χ2n) is 16.5. The van der Waals surface area contributed by atoms with Gasteiger partial charge >= 0.3 is 6.03 Å². The van der Waals surface area contributed by atoms with Gasteiger partial charge in [-0.15, -0.1) is 0 Å². The lowest BCUT2D eigenvalue weighted by molar-refractivity contribution is -0.137. The third-order valence-electron chi connectivity index (χ3n) is 12.1. The van der Waals surface area contributed by atoms with Gasteiger partial charge in [0.25, 0.3) is 5.91 Å². The van der Waals surface area contributed by atoms with E-state index in [0.29, 0.717) is 88.5 Å². The van der Waals surface area contributed by atoms with E-state index < -0.39 is 23.9 Å².